The Kier molecular flexibility index (Phi) is 13.9. The van der Waals surface area contributed by atoms with Gasteiger partial charge in [-0.25, -0.2) is 38.4 Å². The third-order valence-corrected chi connectivity index (χ3v) is 10.1. The van der Waals surface area contributed by atoms with Crippen LogP contribution in [0.25, 0.3) is 42.6 Å². The summed E-state index contributed by atoms with van der Waals surface area (Å²) in [6, 6.07) is 24.7. The van der Waals surface area contributed by atoms with E-state index in [4.69, 9.17) is 65.1 Å². The van der Waals surface area contributed by atoms with Crippen LogP contribution in [0.5, 0.6) is 0 Å². The number of nitrogens with one attached hydrogen (secondary N) is 1. The average Bonchev–Trinajstić information content (AvgIpc) is 3.24. The van der Waals surface area contributed by atoms with Gasteiger partial charge in [0.25, 0.3) is 11.1 Å². The molecule has 0 amide bonds. The maximum Gasteiger partial charge on any atom is 0.264 e. The summed E-state index contributed by atoms with van der Waals surface area (Å²) in [5.41, 5.74) is 18.5. The van der Waals surface area contributed by atoms with Crippen molar-refractivity contribution in [3.63, 3.8) is 0 Å². The Balaban J connectivity index is 0.000000178. The molecule has 4 aromatic carbocycles. The molecular weight excluding hydrogens is 873 g/mol. The predicted octanol–water partition coefficient (Wildman–Crippen LogP) is 9.95. The van der Waals surface area contributed by atoms with Crippen LogP contribution in [0.1, 0.15) is 37.3 Å². The number of benzene rings is 4. The minimum Gasteiger partial charge on any atom is -0.371 e. The van der Waals surface area contributed by atoms with E-state index in [0.29, 0.717) is 49.0 Å². The Morgan fingerprint density at radius 3 is 1.60 bits per heavy atom. The minimum atomic E-state index is -0.505. The molecule has 0 bridgehead atoms. The Labute approximate surface area is 372 Å². The largest absolute Gasteiger partial charge is 0.371 e. The molecule has 0 saturated carbocycles. The van der Waals surface area contributed by atoms with Crippen LogP contribution in [0.4, 0.5) is 37.9 Å². The highest BCUT2D eigenvalue weighted by atomic mass is 35.5. The number of pyridine rings is 2. The van der Waals surface area contributed by atoms with Crippen LogP contribution in [0.3, 0.4) is 0 Å². The molecule has 0 fully saturated rings. The van der Waals surface area contributed by atoms with Crippen LogP contribution in [0.2, 0.25) is 15.2 Å². The van der Waals surface area contributed by atoms with E-state index in [9.17, 15) is 18.4 Å². The van der Waals surface area contributed by atoms with E-state index in [0.717, 1.165) is 5.39 Å². The van der Waals surface area contributed by atoms with E-state index in [2.05, 4.69) is 34.9 Å². The highest BCUT2D eigenvalue weighted by molar-refractivity contribution is 6.36. The van der Waals surface area contributed by atoms with Crippen LogP contribution in [0.15, 0.2) is 119 Å². The molecule has 0 aliphatic rings. The van der Waals surface area contributed by atoms with Gasteiger partial charge in [-0.15, -0.1) is 0 Å². The third-order valence-electron chi connectivity index (χ3n) is 9.22. The van der Waals surface area contributed by atoms with Crippen molar-refractivity contribution < 1.29 is 8.78 Å². The number of nitrogen functional groups attached to an aromatic ring is 2. The molecule has 0 unspecified atom stereocenters. The van der Waals surface area contributed by atoms with Crippen LogP contribution >= 0.6 is 34.8 Å². The van der Waals surface area contributed by atoms with Gasteiger partial charge in [-0.05, 0) is 85.3 Å². The van der Waals surface area contributed by atoms with Crippen molar-refractivity contribution in [2.24, 2.45) is 5.73 Å². The second-order valence-electron chi connectivity index (χ2n) is 13.5. The molecule has 19 heteroatoms. The van der Waals surface area contributed by atoms with Crippen LogP contribution in [0, 0.1) is 24.8 Å². The zero-order chi connectivity index (χ0) is 45.5. The Bertz CT molecular complexity index is 3240. The molecule has 316 valence electrons. The smallest absolute Gasteiger partial charge is 0.264 e. The van der Waals surface area contributed by atoms with Crippen molar-refractivity contribution in [2.75, 3.05) is 16.8 Å². The molecule has 63 heavy (non-hydrogen) atoms. The first-order valence-corrected chi connectivity index (χ1v) is 19.6. The molecule has 2 atom stereocenters. The molecule has 0 radical (unpaired) electrons. The molecule has 14 nitrogen and oxygen atoms in total. The van der Waals surface area contributed by atoms with E-state index >= 15 is 0 Å². The van der Waals surface area contributed by atoms with Gasteiger partial charge in [0.05, 0.1) is 51.4 Å². The lowest BCUT2D eigenvalue weighted by atomic mass is 10.1. The number of rotatable bonds is 6. The molecule has 8 rings (SSSR count). The number of hydrogen-bond donors (Lipinski definition) is 4. The van der Waals surface area contributed by atoms with Gasteiger partial charge in [-0.3, -0.25) is 18.7 Å². The highest BCUT2D eigenvalue weighted by Gasteiger charge is 2.20. The molecule has 0 spiro atoms. The molecule has 7 N–H and O–H groups in total. The topological polar surface area (TPSA) is 194 Å². The zero-order valence-electron chi connectivity index (χ0n) is 33.1. The first-order chi connectivity index (χ1) is 30.1. The maximum absolute atomic E-state index is 14.0. The van der Waals surface area contributed by atoms with Crippen LogP contribution in [-0.4, -0.2) is 29.1 Å². The van der Waals surface area contributed by atoms with Crippen molar-refractivity contribution in [3.05, 3.63) is 191 Å². The van der Waals surface area contributed by atoms with Gasteiger partial charge in [-0.2, -0.15) is 0 Å². The third kappa shape index (κ3) is 10.0. The van der Waals surface area contributed by atoms with E-state index < -0.39 is 17.7 Å². The van der Waals surface area contributed by atoms with E-state index in [1.165, 1.54) is 51.9 Å². The molecule has 8 aromatic rings. The summed E-state index contributed by atoms with van der Waals surface area (Å²) in [5.74, 6) is -0.569. The zero-order valence-corrected chi connectivity index (χ0v) is 35.3. The monoisotopic (exact) mass is 904 g/mol. The van der Waals surface area contributed by atoms with Crippen molar-refractivity contribution in [2.45, 2.75) is 25.9 Å². The first-order valence-electron chi connectivity index (χ1n) is 18.5. The van der Waals surface area contributed by atoms with Gasteiger partial charge in [0.1, 0.15) is 22.6 Å². The molecular formula is C44H33Cl3F2N12O2. The van der Waals surface area contributed by atoms with E-state index in [1.54, 1.807) is 68.4 Å². The number of aromatic nitrogens is 6. The van der Waals surface area contributed by atoms with Gasteiger partial charge in [-0.1, -0.05) is 71.2 Å². The number of halogens is 5. The molecule has 4 heterocycles. The molecule has 0 aliphatic heterocycles. The van der Waals surface area contributed by atoms with Gasteiger partial charge in [0, 0.05) is 29.8 Å². The lowest BCUT2D eigenvalue weighted by Gasteiger charge is -2.22. The summed E-state index contributed by atoms with van der Waals surface area (Å²) in [4.78, 5) is 47.9. The van der Waals surface area contributed by atoms with Crippen molar-refractivity contribution in [1.82, 2.24) is 29.1 Å². The average molecular weight is 906 g/mol. The maximum atomic E-state index is 14.0. The SMILES string of the molecule is C[C@H](N)c1cc2cccc(Cl)c2c(=O)n1-c1cccc(F)c1.[C-]#[N+]c1cnc(N)nc1Cl.[C-]#[N+]c1cnc(N)nc1N[C@@H](C)c1cc2cccc(Cl)c2c(=O)n1-c1cccc(F)c1. The summed E-state index contributed by atoms with van der Waals surface area (Å²) >= 11 is 18.0. The summed E-state index contributed by atoms with van der Waals surface area (Å²) < 4.78 is 30.3. The summed E-state index contributed by atoms with van der Waals surface area (Å²) in [6.07, 6.45) is 2.61. The first kappa shape index (κ1) is 45.1. The fraction of sp³-hybridized carbons (Fsp3) is 0.0909. The second-order valence-corrected chi connectivity index (χ2v) is 14.7. The number of nitrogens with two attached hydrogens (primary N) is 3. The van der Waals surface area contributed by atoms with Gasteiger partial charge < -0.3 is 22.5 Å². The van der Waals surface area contributed by atoms with Crippen molar-refractivity contribution >= 4 is 85.4 Å². The van der Waals surface area contributed by atoms with Crippen LogP contribution < -0.4 is 33.6 Å². The van der Waals surface area contributed by atoms with Gasteiger partial charge >= 0.3 is 0 Å². The Morgan fingerprint density at radius 1 is 0.667 bits per heavy atom. The Morgan fingerprint density at radius 2 is 1.13 bits per heavy atom. The highest BCUT2D eigenvalue weighted by Crippen LogP contribution is 2.31. The second kappa shape index (κ2) is 19.5. The summed E-state index contributed by atoms with van der Waals surface area (Å²) in [6.45, 7) is 17.5. The van der Waals surface area contributed by atoms with Gasteiger partial charge in [0.2, 0.25) is 23.3 Å². The molecule has 4 aromatic heterocycles. The predicted molar refractivity (Wildman–Crippen MR) is 244 cm³/mol. The lowest BCUT2D eigenvalue weighted by Crippen LogP contribution is -2.26. The van der Waals surface area contributed by atoms with E-state index in [1.807, 2.05) is 12.1 Å². The number of fused-ring (bicyclic) bond motifs is 2. The van der Waals surface area contributed by atoms with Crippen molar-refractivity contribution in [1.29, 1.82) is 0 Å². The van der Waals surface area contributed by atoms with Crippen molar-refractivity contribution in [3.8, 4) is 11.4 Å². The normalized spacial score (nSPS) is 11.6. The fourth-order valence-electron chi connectivity index (χ4n) is 6.39. The standard InChI is InChI=1S/C22H16ClFN6O.C17H14ClFN2O.C5H3ClN4/c1-12(28-20-17(26-2)11-27-22(25)29-20)18-9-13-5-3-8-16(23)19(13)21(31)30(18)15-7-4-6-14(24)10-15;1-10(20)15-8-11-4-2-7-14(18)16(11)17(22)21(15)13-6-3-5-12(19)9-13;1-8-3-2-9-5(7)10-4(3)6/h3-12H,1H3,(H3,25,27,28,29);2-10H,20H2,1H3;2H,(H2,7,9,10)/t12-;10-;/m00./s1. The Hall–Kier alpha value is -7.47. The quantitative estimate of drug-likeness (QED) is 0.0921. The van der Waals surface area contributed by atoms with Crippen LogP contribution in [-0.2, 0) is 0 Å². The number of hydrogen-bond acceptors (Lipinski definition) is 10. The lowest BCUT2D eigenvalue weighted by molar-refractivity contribution is 0.624. The van der Waals surface area contributed by atoms with E-state index in [-0.39, 0.29) is 51.4 Å². The summed E-state index contributed by atoms with van der Waals surface area (Å²) in [7, 11) is 0. The molecule has 0 aliphatic carbocycles. The number of anilines is 3. The fourth-order valence-corrected chi connectivity index (χ4v) is 7.10. The number of nitrogens with zero attached hydrogens (tertiary/aromatic N) is 8. The van der Waals surface area contributed by atoms with Gasteiger partial charge in [0.15, 0.2) is 0 Å². The minimum absolute atomic E-state index is 0.00918. The molecule has 0 saturated heterocycles. The summed E-state index contributed by atoms with van der Waals surface area (Å²) in [5, 5.41) is 5.98.